The van der Waals surface area contributed by atoms with E-state index in [-0.39, 0.29) is 35.9 Å². The van der Waals surface area contributed by atoms with Crippen molar-refractivity contribution >= 4 is 27.1 Å². The second kappa shape index (κ2) is 6.02. The Bertz CT molecular complexity index is 525. The third-order valence-corrected chi connectivity index (χ3v) is 5.59. The Balaban J connectivity index is 1.84. The first-order valence-corrected chi connectivity index (χ1v) is 8.98. The van der Waals surface area contributed by atoms with Gasteiger partial charge in [-0.1, -0.05) is 0 Å². The second-order valence-corrected chi connectivity index (χ2v) is 7.82. The second-order valence-electron chi connectivity index (χ2n) is 4.82. The van der Waals surface area contributed by atoms with Gasteiger partial charge in [0.05, 0.1) is 17.5 Å². The monoisotopic (exact) mass is 302 g/mol. The molecular weight excluding hydrogens is 284 g/mol. The van der Waals surface area contributed by atoms with Crippen LogP contribution in [0.4, 0.5) is 0 Å². The summed E-state index contributed by atoms with van der Waals surface area (Å²) < 4.78 is 23.0. The highest BCUT2D eigenvalue weighted by molar-refractivity contribution is 7.91. The van der Waals surface area contributed by atoms with Crippen LogP contribution in [-0.4, -0.2) is 38.4 Å². The van der Waals surface area contributed by atoms with Gasteiger partial charge in [-0.2, -0.15) is 11.3 Å². The van der Waals surface area contributed by atoms with Crippen molar-refractivity contribution in [1.82, 2.24) is 10.6 Å². The van der Waals surface area contributed by atoms with Crippen molar-refractivity contribution in [1.29, 1.82) is 0 Å². The zero-order chi connectivity index (χ0) is 13.9. The minimum Gasteiger partial charge on any atom is -0.350 e. The molecule has 1 aromatic rings. The van der Waals surface area contributed by atoms with Gasteiger partial charge in [-0.3, -0.25) is 4.79 Å². The molecule has 0 aromatic carbocycles. The average molecular weight is 302 g/mol. The lowest BCUT2D eigenvalue weighted by molar-refractivity contribution is -0.122. The van der Waals surface area contributed by atoms with Crippen molar-refractivity contribution in [2.24, 2.45) is 0 Å². The average Bonchev–Trinajstić information content (AvgIpc) is 2.80. The standard InChI is InChI=1S/C12H18N2O3S2/c1-9(10-2-4-18-7-10)14-12(15)6-11-8-19(16,17)5-3-13-11/h2,4,7,9,11,13H,3,5-6,8H2,1H3,(H,14,15). The molecular formula is C12H18N2O3S2. The first kappa shape index (κ1) is 14.5. The summed E-state index contributed by atoms with van der Waals surface area (Å²) in [6, 6.07) is 1.66. The lowest BCUT2D eigenvalue weighted by atomic mass is 10.1. The molecule has 0 radical (unpaired) electrons. The fraction of sp³-hybridized carbons (Fsp3) is 0.583. The van der Waals surface area contributed by atoms with E-state index in [1.165, 1.54) is 0 Å². The maximum absolute atomic E-state index is 11.9. The molecule has 2 heterocycles. The maximum atomic E-state index is 11.9. The van der Waals surface area contributed by atoms with E-state index in [1.54, 1.807) is 11.3 Å². The lowest BCUT2D eigenvalue weighted by Crippen LogP contribution is -2.47. The number of nitrogens with one attached hydrogen (secondary N) is 2. The molecule has 1 saturated heterocycles. The molecule has 1 fully saturated rings. The van der Waals surface area contributed by atoms with Crippen LogP contribution in [0.1, 0.15) is 24.9 Å². The molecule has 106 valence electrons. The largest absolute Gasteiger partial charge is 0.350 e. The highest BCUT2D eigenvalue weighted by atomic mass is 32.2. The number of rotatable bonds is 4. The number of amides is 1. The first-order chi connectivity index (χ1) is 8.96. The van der Waals surface area contributed by atoms with Gasteiger partial charge in [0.1, 0.15) is 0 Å². The van der Waals surface area contributed by atoms with E-state index in [9.17, 15) is 13.2 Å². The number of hydrogen-bond donors (Lipinski definition) is 2. The van der Waals surface area contributed by atoms with Crippen molar-refractivity contribution in [2.75, 3.05) is 18.1 Å². The fourth-order valence-electron chi connectivity index (χ4n) is 2.13. The highest BCUT2D eigenvalue weighted by Crippen LogP contribution is 2.16. The molecule has 2 atom stereocenters. The van der Waals surface area contributed by atoms with Gasteiger partial charge in [0, 0.05) is 19.0 Å². The fourth-order valence-corrected chi connectivity index (χ4v) is 4.33. The summed E-state index contributed by atoms with van der Waals surface area (Å²) in [5, 5.41) is 9.93. The van der Waals surface area contributed by atoms with E-state index in [2.05, 4.69) is 10.6 Å². The molecule has 2 unspecified atom stereocenters. The van der Waals surface area contributed by atoms with Crippen molar-refractivity contribution in [3.63, 3.8) is 0 Å². The Morgan fingerprint density at radius 1 is 1.63 bits per heavy atom. The van der Waals surface area contributed by atoms with Gasteiger partial charge in [-0.25, -0.2) is 8.42 Å². The molecule has 1 aliphatic heterocycles. The summed E-state index contributed by atoms with van der Waals surface area (Å²) in [7, 11) is -2.99. The van der Waals surface area contributed by atoms with Gasteiger partial charge in [-0.15, -0.1) is 0 Å². The zero-order valence-corrected chi connectivity index (χ0v) is 12.4. The van der Waals surface area contributed by atoms with Crippen LogP contribution < -0.4 is 10.6 Å². The summed E-state index contributed by atoms with van der Waals surface area (Å²) in [6.07, 6.45) is 0.202. The predicted molar refractivity (Wildman–Crippen MR) is 75.9 cm³/mol. The molecule has 2 N–H and O–H groups in total. The topological polar surface area (TPSA) is 75.3 Å². The molecule has 0 spiro atoms. The molecule has 0 saturated carbocycles. The highest BCUT2D eigenvalue weighted by Gasteiger charge is 2.26. The molecule has 19 heavy (non-hydrogen) atoms. The van der Waals surface area contributed by atoms with Crippen LogP contribution in [0.3, 0.4) is 0 Å². The minimum absolute atomic E-state index is 0.0426. The van der Waals surface area contributed by atoms with Gasteiger partial charge in [0.15, 0.2) is 9.84 Å². The lowest BCUT2D eigenvalue weighted by Gasteiger charge is -2.23. The smallest absolute Gasteiger partial charge is 0.222 e. The van der Waals surface area contributed by atoms with E-state index in [0.717, 1.165) is 5.56 Å². The summed E-state index contributed by atoms with van der Waals surface area (Å²) in [6.45, 7) is 2.35. The zero-order valence-electron chi connectivity index (χ0n) is 10.8. The van der Waals surface area contributed by atoms with Crippen molar-refractivity contribution in [3.05, 3.63) is 22.4 Å². The molecule has 1 amide bonds. The summed E-state index contributed by atoms with van der Waals surface area (Å²) in [4.78, 5) is 11.9. The third-order valence-electron chi connectivity index (χ3n) is 3.15. The van der Waals surface area contributed by atoms with Crippen LogP contribution in [0.15, 0.2) is 16.8 Å². The van der Waals surface area contributed by atoms with Gasteiger partial charge < -0.3 is 10.6 Å². The number of thiophene rings is 1. The Kier molecular flexibility index (Phi) is 4.59. The summed E-state index contributed by atoms with van der Waals surface area (Å²) in [5.74, 6) is 0.0947. The molecule has 2 rings (SSSR count). The van der Waals surface area contributed by atoms with Gasteiger partial charge in [0.2, 0.25) is 5.91 Å². The van der Waals surface area contributed by atoms with E-state index < -0.39 is 9.84 Å². The van der Waals surface area contributed by atoms with Crippen LogP contribution in [0.2, 0.25) is 0 Å². The van der Waals surface area contributed by atoms with E-state index in [1.807, 2.05) is 23.8 Å². The first-order valence-electron chi connectivity index (χ1n) is 6.21. The number of sulfone groups is 1. The van der Waals surface area contributed by atoms with Gasteiger partial charge in [-0.05, 0) is 29.3 Å². The molecule has 5 nitrogen and oxygen atoms in total. The molecule has 1 aromatic heterocycles. The van der Waals surface area contributed by atoms with Crippen molar-refractivity contribution in [3.8, 4) is 0 Å². The molecule has 7 heteroatoms. The third kappa shape index (κ3) is 4.29. The Labute approximate surface area is 117 Å². The molecule has 1 aliphatic rings. The number of carbonyl (C=O) groups is 1. The van der Waals surface area contributed by atoms with Gasteiger partial charge >= 0.3 is 0 Å². The Hall–Kier alpha value is -0.920. The van der Waals surface area contributed by atoms with Crippen LogP contribution >= 0.6 is 11.3 Å². The molecule has 0 bridgehead atoms. The number of hydrogen-bond acceptors (Lipinski definition) is 5. The van der Waals surface area contributed by atoms with Gasteiger partial charge in [0.25, 0.3) is 0 Å². The van der Waals surface area contributed by atoms with Crippen LogP contribution in [-0.2, 0) is 14.6 Å². The van der Waals surface area contributed by atoms with E-state index in [0.29, 0.717) is 6.54 Å². The Morgan fingerprint density at radius 2 is 2.42 bits per heavy atom. The van der Waals surface area contributed by atoms with Crippen molar-refractivity contribution < 1.29 is 13.2 Å². The van der Waals surface area contributed by atoms with Crippen LogP contribution in [0, 0.1) is 0 Å². The van der Waals surface area contributed by atoms with Crippen LogP contribution in [0.5, 0.6) is 0 Å². The normalized spacial score (nSPS) is 23.7. The molecule has 0 aliphatic carbocycles. The Morgan fingerprint density at radius 3 is 3.05 bits per heavy atom. The minimum atomic E-state index is -2.99. The SMILES string of the molecule is CC(NC(=O)CC1CS(=O)(=O)CCN1)c1ccsc1. The van der Waals surface area contributed by atoms with E-state index >= 15 is 0 Å². The van der Waals surface area contributed by atoms with Crippen LogP contribution in [0.25, 0.3) is 0 Å². The maximum Gasteiger partial charge on any atom is 0.222 e. The summed E-state index contributed by atoms with van der Waals surface area (Å²) in [5.41, 5.74) is 1.07. The quantitative estimate of drug-likeness (QED) is 0.858. The van der Waals surface area contributed by atoms with Crippen molar-refractivity contribution in [2.45, 2.75) is 25.4 Å². The predicted octanol–water partition coefficient (Wildman–Crippen LogP) is 0.702. The summed E-state index contributed by atoms with van der Waals surface area (Å²) >= 11 is 1.59. The van der Waals surface area contributed by atoms with E-state index in [4.69, 9.17) is 0 Å². The number of carbonyl (C=O) groups excluding carboxylic acids is 1.